The number of amides is 2. The Balaban J connectivity index is 1.43. The van der Waals surface area contributed by atoms with Gasteiger partial charge in [-0.05, 0) is 29.8 Å². The molecule has 0 aliphatic heterocycles. The van der Waals surface area contributed by atoms with Gasteiger partial charge in [0.25, 0.3) is 0 Å². The zero-order valence-corrected chi connectivity index (χ0v) is 15.8. The molecule has 0 saturated carbocycles. The van der Waals surface area contributed by atoms with E-state index in [1.807, 2.05) is 30.3 Å². The van der Waals surface area contributed by atoms with Crippen molar-refractivity contribution < 1.29 is 14.0 Å². The third-order valence-electron chi connectivity index (χ3n) is 3.71. The number of halogens is 1. The third kappa shape index (κ3) is 6.24. The van der Waals surface area contributed by atoms with Gasteiger partial charge in [0.2, 0.25) is 11.8 Å². The summed E-state index contributed by atoms with van der Waals surface area (Å²) < 4.78 is 14.6. The topological polar surface area (TPSA) is 76.0 Å². The van der Waals surface area contributed by atoms with Gasteiger partial charge in [0.15, 0.2) is 0 Å². The molecule has 1 heterocycles. The number of hydrogen-bond donors (Lipinski definition) is 2. The van der Waals surface area contributed by atoms with Gasteiger partial charge in [-0.15, -0.1) is 11.8 Å². The summed E-state index contributed by atoms with van der Waals surface area (Å²) in [6.07, 6.45) is 3.08. The molecule has 0 fully saturated rings. The predicted octanol–water partition coefficient (Wildman–Crippen LogP) is 3.07. The van der Waals surface area contributed by atoms with Crippen LogP contribution in [0.15, 0.2) is 71.9 Å². The maximum Gasteiger partial charge on any atom is 0.241 e. The molecular formula is C20H19FN4O2S. The molecule has 0 spiro atoms. The lowest BCUT2D eigenvalue weighted by molar-refractivity contribution is -0.122. The number of carbonyl (C=O) groups excluding carboxylic acids is 2. The summed E-state index contributed by atoms with van der Waals surface area (Å²) >= 11 is 1.44. The second-order valence-corrected chi connectivity index (χ2v) is 7.03. The highest BCUT2D eigenvalue weighted by Gasteiger charge is 2.08. The number of anilines is 1. The fourth-order valence-electron chi connectivity index (χ4n) is 2.43. The fraction of sp³-hybridized carbons (Fsp3) is 0.150. The van der Waals surface area contributed by atoms with E-state index in [0.29, 0.717) is 11.3 Å². The maximum absolute atomic E-state index is 13.1. The first-order valence-corrected chi connectivity index (χ1v) is 9.58. The van der Waals surface area contributed by atoms with Crippen LogP contribution in [0.4, 0.5) is 10.1 Å². The zero-order valence-electron chi connectivity index (χ0n) is 15.0. The molecule has 2 aromatic carbocycles. The van der Waals surface area contributed by atoms with Crippen LogP contribution in [0.1, 0.15) is 5.56 Å². The summed E-state index contributed by atoms with van der Waals surface area (Å²) in [7, 11) is 0. The van der Waals surface area contributed by atoms with Crippen LogP contribution in [0, 0.1) is 5.82 Å². The van der Waals surface area contributed by atoms with Crippen LogP contribution in [0.3, 0.4) is 0 Å². The van der Waals surface area contributed by atoms with E-state index in [9.17, 15) is 14.0 Å². The monoisotopic (exact) mass is 398 g/mol. The van der Waals surface area contributed by atoms with Crippen LogP contribution < -0.4 is 10.6 Å². The van der Waals surface area contributed by atoms with E-state index < -0.39 is 0 Å². The lowest BCUT2D eigenvalue weighted by Crippen LogP contribution is -2.27. The number of nitrogens with one attached hydrogen (secondary N) is 2. The standard InChI is InChI=1S/C20H19FN4O2S/c21-16-6-4-5-15(9-16)10-22-19(26)13-25-12-17(11-23-25)24-20(27)14-28-18-7-2-1-3-8-18/h1-9,11-12H,10,13-14H2,(H,22,26)(H,24,27). The maximum atomic E-state index is 13.1. The molecule has 144 valence electrons. The van der Waals surface area contributed by atoms with Crippen LogP contribution in [0.2, 0.25) is 0 Å². The number of benzene rings is 2. The van der Waals surface area contributed by atoms with Gasteiger partial charge in [0, 0.05) is 17.6 Å². The number of thioether (sulfide) groups is 1. The van der Waals surface area contributed by atoms with Gasteiger partial charge >= 0.3 is 0 Å². The van der Waals surface area contributed by atoms with Gasteiger partial charge in [0.1, 0.15) is 12.4 Å². The Bertz CT molecular complexity index is 946. The summed E-state index contributed by atoms with van der Waals surface area (Å²) in [5.74, 6) is -0.470. The van der Waals surface area contributed by atoms with Gasteiger partial charge in [-0.2, -0.15) is 5.10 Å². The smallest absolute Gasteiger partial charge is 0.241 e. The molecule has 2 N–H and O–H groups in total. The molecular weight excluding hydrogens is 379 g/mol. The molecule has 0 aliphatic carbocycles. The van der Waals surface area contributed by atoms with E-state index in [4.69, 9.17) is 0 Å². The minimum atomic E-state index is -0.343. The van der Waals surface area contributed by atoms with Gasteiger partial charge in [-0.3, -0.25) is 14.3 Å². The molecule has 28 heavy (non-hydrogen) atoms. The van der Waals surface area contributed by atoms with Crippen molar-refractivity contribution in [3.8, 4) is 0 Å². The summed E-state index contributed by atoms with van der Waals surface area (Å²) in [4.78, 5) is 25.0. The Labute approximate surface area is 166 Å². The second-order valence-electron chi connectivity index (χ2n) is 5.98. The summed E-state index contributed by atoms with van der Waals surface area (Å²) in [5, 5.41) is 9.53. The minimum Gasteiger partial charge on any atom is -0.350 e. The lowest BCUT2D eigenvalue weighted by atomic mass is 10.2. The molecule has 0 aliphatic rings. The Kier molecular flexibility index (Phi) is 6.80. The number of hydrogen-bond acceptors (Lipinski definition) is 4. The highest BCUT2D eigenvalue weighted by molar-refractivity contribution is 8.00. The fourth-order valence-corrected chi connectivity index (χ4v) is 3.15. The van der Waals surface area contributed by atoms with Crippen molar-refractivity contribution in [2.45, 2.75) is 18.0 Å². The largest absolute Gasteiger partial charge is 0.350 e. The molecule has 0 unspecified atom stereocenters. The number of carbonyl (C=O) groups is 2. The van der Waals surface area contributed by atoms with E-state index >= 15 is 0 Å². The Morgan fingerprint density at radius 1 is 1.07 bits per heavy atom. The SMILES string of the molecule is O=C(Cn1cc(NC(=O)CSc2ccccc2)cn1)NCc1cccc(F)c1. The first kappa shape index (κ1) is 19.6. The lowest BCUT2D eigenvalue weighted by Gasteiger charge is -2.06. The van der Waals surface area contributed by atoms with Gasteiger partial charge in [-0.1, -0.05) is 30.3 Å². The molecule has 0 saturated heterocycles. The van der Waals surface area contributed by atoms with E-state index in [0.717, 1.165) is 4.90 Å². The third-order valence-corrected chi connectivity index (χ3v) is 4.73. The van der Waals surface area contributed by atoms with Crippen molar-refractivity contribution in [2.24, 2.45) is 0 Å². The van der Waals surface area contributed by atoms with Gasteiger partial charge in [0.05, 0.1) is 17.6 Å². The molecule has 3 rings (SSSR count). The first-order valence-electron chi connectivity index (χ1n) is 8.60. The molecule has 0 radical (unpaired) electrons. The van der Waals surface area contributed by atoms with Crippen LogP contribution in [-0.2, 0) is 22.7 Å². The molecule has 8 heteroatoms. The van der Waals surface area contributed by atoms with E-state index in [1.165, 1.54) is 34.8 Å². The number of rotatable bonds is 8. The van der Waals surface area contributed by atoms with Crippen LogP contribution >= 0.6 is 11.8 Å². The van der Waals surface area contributed by atoms with Crippen LogP contribution in [0.25, 0.3) is 0 Å². The predicted molar refractivity (Wildman–Crippen MR) is 106 cm³/mol. The summed E-state index contributed by atoms with van der Waals surface area (Å²) in [6.45, 7) is 0.238. The molecule has 6 nitrogen and oxygen atoms in total. The van der Waals surface area contributed by atoms with Crippen molar-refractivity contribution in [2.75, 3.05) is 11.1 Å². The Hall–Kier alpha value is -3.13. The van der Waals surface area contributed by atoms with Crippen molar-refractivity contribution >= 4 is 29.3 Å². The molecule has 1 aromatic heterocycles. The van der Waals surface area contributed by atoms with Crippen molar-refractivity contribution in [3.05, 3.63) is 78.4 Å². The van der Waals surface area contributed by atoms with Gasteiger partial charge in [-0.25, -0.2) is 4.39 Å². The highest BCUT2D eigenvalue weighted by Crippen LogP contribution is 2.17. The van der Waals surface area contributed by atoms with Crippen molar-refractivity contribution in [1.82, 2.24) is 15.1 Å². The highest BCUT2D eigenvalue weighted by atomic mass is 32.2. The summed E-state index contributed by atoms with van der Waals surface area (Å²) in [6, 6.07) is 15.7. The summed E-state index contributed by atoms with van der Waals surface area (Å²) in [5.41, 5.74) is 1.20. The number of nitrogens with zero attached hydrogens (tertiary/aromatic N) is 2. The van der Waals surface area contributed by atoms with E-state index in [2.05, 4.69) is 15.7 Å². The average molecular weight is 398 g/mol. The Morgan fingerprint density at radius 2 is 1.89 bits per heavy atom. The zero-order chi connectivity index (χ0) is 19.8. The first-order chi connectivity index (χ1) is 13.6. The molecule has 3 aromatic rings. The number of aromatic nitrogens is 2. The quantitative estimate of drug-likeness (QED) is 0.572. The average Bonchev–Trinajstić information content (AvgIpc) is 3.12. The molecule has 0 bridgehead atoms. The second kappa shape index (κ2) is 9.70. The van der Waals surface area contributed by atoms with Crippen molar-refractivity contribution in [3.63, 3.8) is 0 Å². The van der Waals surface area contributed by atoms with E-state index in [-0.39, 0.29) is 36.5 Å². The minimum absolute atomic E-state index is 0.00392. The molecule has 0 atom stereocenters. The molecule has 2 amide bonds. The van der Waals surface area contributed by atoms with Gasteiger partial charge < -0.3 is 10.6 Å². The van der Waals surface area contributed by atoms with Crippen molar-refractivity contribution in [1.29, 1.82) is 0 Å². The van der Waals surface area contributed by atoms with Crippen LogP contribution in [0.5, 0.6) is 0 Å². The van der Waals surface area contributed by atoms with E-state index in [1.54, 1.807) is 18.3 Å². The van der Waals surface area contributed by atoms with Crippen LogP contribution in [-0.4, -0.2) is 27.3 Å². The Morgan fingerprint density at radius 3 is 2.68 bits per heavy atom. The normalized spacial score (nSPS) is 10.5.